The molecule has 1 unspecified atom stereocenters. The lowest BCUT2D eigenvalue weighted by Crippen LogP contribution is -2.10. The highest BCUT2D eigenvalue weighted by Gasteiger charge is 2.11. The van der Waals surface area contributed by atoms with Crippen LogP contribution in [0.1, 0.15) is 24.9 Å². The van der Waals surface area contributed by atoms with E-state index in [0.29, 0.717) is 15.7 Å². The van der Waals surface area contributed by atoms with E-state index in [9.17, 15) is 4.39 Å². The molecule has 1 atom stereocenters. The van der Waals surface area contributed by atoms with Crippen molar-refractivity contribution in [2.45, 2.75) is 19.4 Å². The number of rotatable bonds is 4. The lowest BCUT2D eigenvalue weighted by Gasteiger charge is -2.19. The number of hydrogen-bond acceptors (Lipinski definition) is 1. The van der Waals surface area contributed by atoms with E-state index in [2.05, 4.69) is 5.32 Å². The Morgan fingerprint density at radius 2 is 1.68 bits per heavy atom. The molecule has 0 bridgehead atoms. The molecule has 0 aliphatic carbocycles. The van der Waals surface area contributed by atoms with Gasteiger partial charge in [-0.3, -0.25) is 0 Å². The first-order valence-electron chi connectivity index (χ1n) is 6.07. The lowest BCUT2D eigenvalue weighted by molar-refractivity contribution is 0.624. The molecule has 0 aliphatic heterocycles. The number of benzene rings is 2. The second-order valence-electron chi connectivity index (χ2n) is 4.28. The Morgan fingerprint density at radius 1 is 1.05 bits per heavy atom. The molecule has 0 saturated heterocycles. The van der Waals surface area contributed by atoms with Crippen molar-refractivity contribution in [1.29, 1.82) is 0 Å². The molecular weight excluding hydrogens is 284 g/mol. The number of anilines is 1. The molecule has 0 radical (unpaired) electrons. The minimum atomic E-state index is -0.347. The second kappa shape index (κ2) is 6.27. The zero-order chi connectivity index (χ0) is 13.8. The molecule has 19 heavy (non-hydrogen) atoms. The van der Waals surface area contributed by atoms with E-state index >= 15 is 0 Å². The van der Waals surface area contributed by atoms with Gasteiger partial charge in [-0.15, -0.1) is 0 Å². The highest BCUT2D eigenvalue weighted by atomic mass is 35.5. The van der Waals surface area contributed by atoms with Gasteiger partial charge in [-0.2, -0.15) is 0 Å². The Hall–Kier alpha value is -1.25. The third-order valence-corrected chi connectivity index (χ3v) is 3.43. The van der Waals surface area contributed by atoms with Gasteiger partial charge in [-0.25, -0.2) is 4.39 Å². The van der Waals surface area contributed by atoms with Crippen molar-refractivity contribution in [1.82, 2.24) is 0 Å². The monoisotopic (exact) mass is 297 g/mol. The summed E-state index contributed by atoms with van der Waals surface area (Å²) in [7, 11) is 0. The van der Waals surface area contributed by atoms with E-state index in [-0.39, 0.29) is 11.9 Å². The number of hydrogen-bond donors (Lipinski definition) is 1. The highest BCUT2D eigenvalue weighted by molar-refractivity contribution is 6.30. The van der Waals surface area contributed by atoms with Crippen molar-refractivity contribution in [2.24, 2.45) is 0 Å². The summed E-state index contributed by atoms with van der Waals surface area (Å²) in [6, 6.07) is 12.2. The summed E-state index contributed by atoms with van der Waals surface area (Å²) in [5, 5.41) is 4.27. The van der Waals surface area contributed by atoms with Crippen LogP contribution in [0.5, 0.6) is 0 Å². The molecular formula is C15H14Cl2FN. The normalized spacial score (nSPS) is 12.2. The van der Waals surface area contributed by atoms with Crippen LogP contribution in [0.2, 0.25) is 10.0 Å². The van der Waals surface area contributed by atoms with Crippen molar-refractivity contribution in [3.63, 3.8) is 0 Å². The van der Waals surface area contributed by atoms with Gasteiger partial charge in [0.2, 0.25) is 0 Å². The first-order chi connectivity index (χ1) is 9.10. The van der Waals surface area contributed by atoms with Gasteiger partial charge in [0.05, 0.1) is 11.7 Å². The fraction of sp³-hybridized carbons (Fsp3) is 0.200. The van der Waals surface area contributed by atoms with E-state index in [1.807, 2.05) is 31.2 Å². The molecule has 0 heterocycles. The van der Waals surface area contributed by atoms with Gasteiger partial charge in [0.1, 0.15) is 5.82 Å². The lowest BCUT2D eigenvalue weighted by atomic mass is 10.0. The fourth-order valence-corrected chi connectivity index (χ4v) is 2.20. The van der Waals surface area contributed by atoms with Crippen LogP contribution in [0.4, 0.5) is 10.1 Å². The van der Waals surface area contributed by atoms with Crippen LogP contribution in [0.3, 0.4) is 0 Å². The second-order valence-corrected chi connectivity index (χ2v) is 5.15. The smallest absolute Gasteiger partial charge is 0.147 e. The van der Waals surface area contributed by atoms with Gasteiger partial charge >= 0.3 is 0 Å². The molecule has 0 saturated carbocycles. The van der Waals surface area contributed by atoms with Gasteiger partial charge in [0, 0.05) is 10.0 Å². The zero-order valence-electron chi connectivity index (χ0n) is 10.5. The van der Waals surface area contributed by atoms with E-state index in [4.69, 9.17) is 23.2 Å². The molecule has 2 rings (SSSR count). The minimum Gasteiger partial charge on any atom is -0.376 e. The Labute approximate surface area is 122 Å². The Balaban J connectivity index is 2.21. The maximum atomic E-state index is 13.8. The van der Waals surface area contributed by atoms with Crippen LogP contribution in [-0.4, -0.2) is 0 Å². The van der Waals surface area contributed by atoms with Gasteiger partial charge in [0.25, 0.3) is 0 Å². The fourth-order valence-electron chi connectivity index (χ4n) is 1.91. The maximum absolute atomic E-state index is 13.8. The van der Waals surface area contributed by atoms with Gasteiger partial charge in [-0.05, 0) is 42.3 Å². The molecule has 4 heteroatoms. The van der Waals surface area contributed by atoms with Crippen molar-refractivity contribution in [3.8, 4) is 0 Å². The first-order valence-corrected chi connectivity index (χ1v) is 6.82. The third-order valence-electron chi connectivity index (χ3n) is 2.94. The molecule has 0 fully saturated rings. The molecule has 1 nitrogen and oxygen atoms in total. The molecule has 100 valence electrons. The molecule has 0 spiro atoms. The van der Waals surface area contributed by atoms with Crippen molar-refractivity contribution in [3.05, 3.63) is 63.9 Å². The summed E-state index contributed by atoms with van der Waals surface area (Å²) < 4.78 is 13.8. The predicted octanol–water partition coefficient (Wildman–Crippen LogP) is 5.70. The van der Waals surface area contributed by atoms with Crippen LogP contribution in [-0.2, 0) is 0 Å². The number of halogens is 3. The topological polar surface area (TPSA) is 12.0 Å². The van der Waals surface area contributed by atoms with Gasteiger partial charge in [-0.1, -0.05) is 42.3 Å². The highest BCUT2D eigenvalue weighted by Crippen LogP contribution is 2.26. The minimum absolute atomic E-state index is 0.0351. The Kier molecular flexibility index (Phi) is 4.67. The van der Waals surface area contributed by atoms with Gasteiger partial charge < -0.3 is 5.32 Å². The zero-order valence-corrected chi connectivity index (χ0v) is 12.0. The Bertz CT molecular complexity index is 555. The van der Waals surface area contributed by atoms with E-state index in [1.54, 1.807) is 12.1 Å². The van der Waals surface area contributed by atoms with E-state index in [1.165, 1.54) is 6.07 Å². The summed E-state index contributed by atoms with van der Waals surface area (Å²) in [4.78, 5) is 0. The van der Waals surface area contributed by atoms with Crippen LogP contribution >= 0.6 is 23.2 Å². The molecule has 0 amide bonds. The standard InChI is InChI=1S/C15H14Cl2FN/c1-2-14(10-3-5-11(16)6-4-10)19-15-8-7-12(17)9-13(15)18/h3-9,14,19H,2H2,1H3. The van der Waals surface area contributed by atoms with Crippen LogP contribution in [0.15, 0.2) is 42.5 Å². The van der Waals surface area contributed by atoms with Crippen LogP contribution in [0, 0.1) is 5.82 Å². The van der Waals surface area contributed by atoms with Crippen molar-refractivity contribution >= 4 is 28.9 Å². The largest absolute Gasteiger partial charge is 0.376 e. The predicted molar refractivity (Wildman–Crippen MR) is 79.5 cm³/mol. The summed E-state index contributed by atoms with van der Waals surface area (Å²) in [6.45, 7) is 2.04. The van der Waals surface area contributed by atoms with E-state index in [0.717, 1.165) is 12.0 Å². The summed E-state index contributed by atoms with van der Waals surface area (Å²) in [6.07, 6.45) is 0.837. The summed E-state index contributed by atoms with van der Waals surface area (Å²) >= 11 is 11.6. The Morgan fingerprint density at radius 3 is 2.26 bits per heavy atom. The molecule has 2 aromatic carbocycles. The summed E-state index contributed by atoms with van der Waals surface area (Å²) in [5.41, 5.74) is 1.52. The molecule has 0 aliphatic rings. The molecule has 1 N–H and O–H groups in total. The van der Waals surface area contributed by atoms with Gasteiger partial charge in [0.15, 0.2) is 0 Å². The SMILES string of the molecule is CCC(Nc1ccc(Cl)cc1F)c1ccc(Cl)cc1. The van der Waals surface area contributed by atoms with Crippen LogP contribution in [0.25, 0.3) is 0 Å². The quantitative estimate of drug-likeness (QED) is 0.764. The van der Waals surface area contributed by atoms with E-state index < -0.39 is 0 Å². The van der Waals surface area contributed by atoms with Crippen molar-refractivity contribution < 1.29 is 4.39 Å². The molecule has 0 aromatic heterocycles. The number of nitrogens with one attached hydrogen (secondary N) is 1. The summed E-state index contributed by atoms with van der Waals surface area (Å²) in [5.74, 6) is -0.347. The van der Waals surface area contributed by atoms with Crippen molar-refractivity contribution in [2.75, 3.05) is 5.32 Å². The molecule has 2 aromatic rings. The maximum Gasteiger partial charge on any atom is 0.147 e. The van der Waals surface area contributed by atoms with Crippen LogP contribution < -0.4 is 5.32 Å². The first kappa shape index (κ1) is 14.2. The third kappa shape index (κ3) is 3.62. The average molecular weight is 298 g/mol. The average Bonchev–Trinajstić information content (AvgIpc) is 2.39.